The van der Waals surface area contributed by atoms with E-state index in [1.54, 1.807) is 54.4 Å². The zero-order chi connectivity index (χ0) is 20.3. The van der Waals surface area contributed by atoms with Crippen LogP contribution in [0.15, 0.2) is 64.2 Å². The number of hydrogen-bond donors (Lipinski definition) is 1. The van der Waals surface area contributed by atoms with E-state index in [1.165, 1.54) is 13.2 Å². The normalized spacial score (nSPS) is 12.6. The fourth-order valence-electron chi connectivity index (χ4n) is 2.83. The van der Waals surface area contributed by atoms with Crippen molar-refractivity contribution in [2.45, 2.75) is 10.9 Å². The summed E-state index contributed by atoms with van der Waals surface area (Å²) < 4.78 is 42.1. The van der Waals surface area contributed by atoms with Crippen LogP contribution in [0.5, 0.6) is 11.5 Å². The summed E-state index contributed by atoms with van der Waals surface area (Å²) in [5.41, 5.74) is 0.700. The molecule has 0 spiro atoms. The summed E-state index contributed by atoms with van der Waals surface area (Å²) in [4.78, 5) is 4.37. The van der Waals surface area contributed by atoms with Crippen LogP contribution in [0.25, 0.3) is 0 Å². The van der Waals surface area contributed by atoms with Crippen molar-refractivity contribution in [2.24, 2.45) is 7.05 Å². The van der Waals surface area contributed by atoms with Crippen LogP contribution >= 0.6 is 15.9 Å². The largest absolute Gasteiger partial charge is 0.497 e. The summed E-state index contributed by atoms with van der Waals surface area (Å²) in [5, 5.41) is 0. The number of methoxy groups -OCH3 is 2. The van der Waals surface area contributed by atoms with E-state index in [2.05, 4.69) is 25.6 Å². The number of ether oxygens (including phenoxy) is 2. The fourth-order valence-corrected chi connectivity index (χ4v) is 4.72. The lowest BCUT2D eigenvalue weighted by Crippen LogP contribution is -2.31. The number of sulfonamides is 1. The van der Waals surface area contributed by atoms with Gasteiger partial charge in [0.25, 0.3) is 0 Å². The topological polar surface area (TPSA) is 82.4 Å². The van der Waals surface area contributed by atoms with E-state index in [4.69, 9.17) is 9.47 Å². The van der Waals surface area contributed by atoms with Crippen LogP contribution in [-0.2, 0) is 17.1 Å². The van der Waals surface area contributed by atoms with Gasteiger partial charge in [0.05, 0.1) is 14.2 Å². The van der Waals surface area contributed by atoms with E-state index in [1.807, 2.05) is 13.1 Å². The van der Waals surface area contributed by atoms with Gasteiger partial charge in [-0.1, -0.05) is 28.1 Å². The molecule has 0 aliphatic heterocycles. The fraction of sp³-hybridized carbons (Fsp3) is 0.211. The second-order valence-corrected chi connectivity index (χ2v) is 8.62. The van der Waals surface area contributed by atoms with Gasteiger partial charge in [0.15, 0.2) is 0 Å². The number of hydrogen-bond acceptors (Lipinski definition) is 5. The lowest BCUT2D eigenvalue weighted by atomic mass is 10.1. The number of halogens is 1. The van der Waals surface area contributed by atoms with Crippen molar-refractivity contribution in [1.82, 2.24) is 14.3 Å². The first-order chi connectivity index (χ1) is 13.4. The number of aromatic nitrogens is 2. The predicted molar refractivity (Wildman–Crippen MR) is 109 cm³/mol. The average molecular weight is 466 g/mol. The van der Waals surface area contributed by atoms with Crippen LogP contribution in [0.4, 0.5) is 0 Å². The van der Waals surface area contributed by atoms with E-state index < -0.39 is 16.1 Å². The van der Waals surface area contributed by atoms with Crippen molar-refractivity contribution in [2.75, 3.05) is 14.2 Å². The van der Waals surface area contributed by atoms with E-state index in [0.717, 1.165) is 0 Å². The molecule has 0 fully saturated rings. The second kappa shape index (κ2) is 8.34. The SMILES string of the molecule is COc1cccc(C(NS(=O)(=O)c2cc(Br)ccc2OC)c2nccn2C)c1. The molecule has 1 N–H and O–H groups in total. The molecule has 1 aromatic heterocycles. The number of benzene rings is 2. The maximum atomic E-state index is 13.2. The van der Waals surface area contributed by atoms with Gasteiger partial charge in [-0.05, 0) is 35.9 Å². The van der Waals surface area contributed by atoms with Gasteiger partial charge in [-0.3, -0.25) is 0 Å². The van der Waals surface area contributed by atoms with Crippen molar-refractivity contribution in [3.63, 3.8) is 0 Å². The third-order valence-corrected chi connectivity index (χ3v) is 6.17. The molecule has 1 atom stereocenters. The first kappa shape index (κ1) is 20.4. The Labute approximate surface area is 172 Å². The first-order valence-corrected chi connectivity index (χ1v) is 10.6. The molecule has 28 heavy (non-hydrogen) atoms. The van der Waals surface area contributed by atoms with Gasteiger partial charge in [0.2, 0.25) is 10.0 Å². The summed E-state index contributed by atoms with van der Waals surface area (Å²) in [5.74, 6) is 1.42. The zero-order valence-corrected chi connectivity index (χ0v) is 18.0. The van der Waals surface area contributed by atoms with Crippen molar-refractivity contribution in [1.29, 1.82) is 0 Å². The van der Waals surface area contributed by atoms with Crippen molar-refractivity contribution in [3.05, 3.63) is 70.7 Å². The Morgan fingerprint density at radius 3 is 2.57 bits per heavy atom. The Hall–Kier alpha value is -2.36. The second-order valence-electron chi connectivity index (χ2n) is 6.02. The first-order valence-electron chi connectivity index (χ1n) is 8.32. The highest BCUT2D eigenvalue weighted by atomic mass is 79.9. The Kier molecular flexibility index (Phi) is 6.07. The summed E-state index contributed by atoms with van der Waals surface area (Å²) in [6.45, 7) is 0. The highest BCUT2D eigenvalue weighted by Crippen LogP contribution is 2.31. The third kappa shape index (κ3) is 4.21. The quantitative estimate of drug-likeness (QED) is 0.578. The van der Waals surface area contributed by atoms with E-state index >= 15 is 0 Å². The number of rotatable bonds is 7. The Balaban J connectivity index is 2.09. The molecule has 0 aliphatic rings. The zero-order valence-electron chi connectivity index (χ0n) is 15.6. The molecule has 3 rings (SSSR count). The predicted octanol–water partition coefficient (Wildman–Crippen LogP) is 3.27. The molecule has 148 valence electrons. The molecule has 2 aromatic carbocycles. The van der Waals surface area contributed by atoms with Gasteiger partial charge in [0, 0.05) is 23.9 Å². The molecule has 7 nitrogen and oxygen atoms in total. The number of imidazole rings is 1. The summed E-state index contributed by atoms with van der Waals surface area (Å²) in [6.07, 6.45) is 3.38. The molecule has 1 heterocycles. The Bertz CT molecular complexity index is 1080. The molecule has 0 bridgehead atoms. The molecule has 0 radical (unpaired) electrons. The van der Waals surface area contributed by atoms with Crippen LogP contribution in [0, 0.1) is 0 Å². The standard InChI is InChI=1S/C19H20BrN3O4S/c1-23-10-9-21-19(23)18(13-5-4-6-15(11-13)26-2)22-28(24,25)17-12-14(20)7-8-16(17)27-3/h4-12,18,22H,1-3H3. The highest BCUT2D eigenvalue weighted by molar-refractivity contribution is 9.10. The van der Waals surface area contributed by atoms with Crippen LogP contribution in [0.2, 0.25) is 0 Å². The van der Waals surface area contributed by atoms with Gasteiger partial charge in [-0.15, -0.1) is 0 Å². The van der Waals surface area contributed by atoms with Crippen molar-refractivity contribution < 1.29 is 17.9 Å². The number of aryl methyl sites for hydroxylation is 1. The molecular weight excluding hydrogens is 446 g/mol. The average Bonchev–Trinajstić information content (AvgIpc) is 3.12. The van der Waals surface area contributed by atoms with E-state index in [-0.39, 0.29) is 10.6 Å². The van der Waals surface area contributed by atoms with Crippen LogP contribution < -0.4 is 14.2 Å². The van der Waals surface area contributed by atoms with Gasteiger partial charge < -0.3 is 14.0 Å². The molecular formula is C19H20BrN3O4S. The maximum absolute atomic E-state index is 13.2. The lowest BCUT2D eigenvalue weighted by molar-refractivity contribution is 0.402. The van der Waals surface area contributed by atoms with Crippen LogP contribution in [-0.4, -0.2) is 32.2 Å². The highest BCUT2D eigenvalue weighted by Gasteiger charge is 2.28. The van der Waals surface area contributed by atoms with Gasteiger partial charge in [0.1, 0.15) is 28.3 Å². The summed E-state index contributed by atoms with van der Waals surface area (Å²) in [6, 6.07) is 11.3. The number of nitrogens with one attached hydrogen (secondary N) is 1. The minimum Gasteiger partial charge on any atom is -0.497 e. The van der Waals surface area contributed by atoms with E-state index in [0.29, 0.717) is 21.6 Å². The van der Waals surface area contributed by atoms with Crippen molar-refractivity contribution in [3.8, 4) is 11.5 Å². The Morgan fingerprint density at radius 2 is 1.93 bits per heavy atom. The molecule has 1 unspecified atom stereocenters. The molecule has 0 aliphatic carbocycles. The minimum absolute atomic E-state index is 0.0338. The van der Waals surface area contributed by atoms with Crippen LogP contribution in [0.3, 0.4) is 0 Å². The monoisotopic (exact) mass is 465 g/mol. The van der Waals surface area contributed by atoms with Crippen LogP contribution in [0.1, 0.15) is 17.4 Å². The Morgan fingerprint density at radius 1 is 1.14 bits per heavy atom. The molecule has 9 heteroatoms. The molecule has 0 amide bonds. The van der Waals surface area contributed by atoms with Gasteiger partial charge in [-0.2, -0.15) is 4.72 Å². The summed E-state index contributed by atoms with van der Waals surface area (Å²) in [7, 11) is 0.867. The molecule has 0 saturated carbocycles. The van der Waals surface area contributed by atoms with E-state index in [9.17, 15) is 8.42 Å². The lowest BCUT2D eigenvalue weighted by Gasteiger charge is -2.20. The van der Waals surface area contributed by atoms with Crippen molar-refractivity contribution >= 4 is 26.0 Å². The minimum atomic E-state index is -3.93. The molecule has 3 aromatic rings. The van der Waals surface area contributed by atoms with Gasteiger partial charge >= 0.3 is 0 Å². The molecule has 0 saturated heterocycles. The summed E-state index contributed by atoms with van der Waals surface area (Å²) >= 11 is 3.32. The maximum Gasteiger partial charge on any atom is 0.245 e. The van der Waals surface area contributed by atoms with Gasteiger partial charge in [-0.25, -0.2) is 13.4 Å². The number of nitrogens with zero attached hydrogens (tertiary/aromatic N) is 2. The third-order valence-electron chi connectivity index (χ3n) is 4.23. The smallest absolute Gasteiger partial charge is 0.245 e.